The van der Waals surface area contributed by atoms with Gasteiger partial charge in [-0.1, -0.05) is 26.0 Å². The molecule has 1 aromatic carbocycles. The summed E-state index contributed by atoms with van der Waals surface area (Å²) in [6.45, 7) is 8.61. The first-order chi connectivity index (χ1) is 14.4. The lowest BCUT2D eigenvalue weighted by Gasteiger charge is -2.34. The van der Waals surface area contributed by atoms with Crippen LogP contribution in [0.1, 0.15) is 36.4 Å². The fraction of sp³-hybridized carbons (Fsp3) is 0.478. The van der Waals surface area contributed by atoms with Crippen LogP contribution < -0.4 is 5.32 Å². The second-order valence-corrected chi connectivity index (χ2v) is 9.63. The summed E-state index contributed by atoms with van der Waals surface area (Å²) in [5.41, 5.74) is 1.03. The van der Waals surface area contributed by atoms with Gasteiger partial charge in [0.25, 0.3) is 5.91 Å². The average Bonchev–Trinajstić information content (AvgIpc) is 3.26. The standard InChI is InChI=1S/C23H29FN4OS/c1-15-11-16(2)14-28(13-15)10-6-9-25-22(29)20-12-18-21(26-27(3)23(18)30-20)17-7-4-5-8-19(17)24/h4-5,7-8,12,15-16H,6,9-11,13-14H2,1-3H3,(H,25,29)/t15-,16-/m1/s1. The first-order valence-corrected chi connectivity index (χ1v) is 11.5. The summed E-state index contributed by atoms with van der Waals surface area (Å²) in [5, 5.41) is 8.33. The normalized spacial score (nSPS) is 20.0. The van der Waals surface area contributed by atoms with Crippen molar-refractivity contribution in [2.75, 3.05) is 26.2 Å². The van der Waals surface area contributed by atoms with Crippen LogP contribution >= 0.6 is 11.3 Å². The number of aryl methyl sites for hydroxylation is 1. The minimum atomic E-state index is -0.309. The Labute approximate surface area is 180 Å². The van der Waals surface area contributed by atoms with E-state index in [0.717, 1.165) is 48.1 Å². The Hall–Kier alpha value is -2.25. The number of thiophene rings is 1. The van der Waals surface area contributed by atoms with Crippen molar-refractivity contribution in [2.24, 2.45) is 18.9 Å². The van der Waals surface area contributed by atoms with Crippen LogP contribution in [-0.4, -0.2) is 46.8 Å². The first-order valence-electron chi connectivity index (χ1n) is 10.6. The predicted molar refractivity (Wildman–Crippen MR) is 120 cm³/mol. The zero-order chi connectivity index (χ0) is 21.3. The van der Waals surface area contributed by atoms with Crippen molar-refractivity contribution < 1.29 is 9.18 Å². The molecule has 0 bridgehead atoms. The van der Waals surface area contributed by atoms with E-state index in [1.165, 1.54) is 23.8 Å². The average molecular weight is 429 g/mol. The molecule has 1 aliphatic heterocycles. The number of likely N-dealkylation sites (tertiary alicyclic amines) is 1. The predicted octanol–water partition coefficient (Wildman–Crippen LogP) is 4.54. The van der Waals surface area contributed by atoms with E-state index >= 15 is 0 Å². The zero-order valence-corrected chi connectivity index (χ0v) is 18.6. The Morgan fingerprint density at radius 1 is 1.27 bits per heavy atom. The molecule has 1 N–H and O–H groups in total. The van der Waals surface area contributed by atoms with E-state index in [4.69, 9.17) is 0 Å². The second kappa shape index (κ2) is 8.86. The number of nitrogens with zero attached hydrogens (tertiary/aromatic N) is 3. The van der Waals surface area contributed by atoms with Crippen LogP contribution in [0.3, 0.4) is 0 Å². The van der Waals surface area contributed by atoms with Crippen LogP contribution in [0.15, 0.2) is 30.3 Å². The van der Waals surface area contributed by atoms with Gasteiger partial charge in [-0.25, -0.2) is 4.39 Å². The third-order valence-corrected chi connectivity index (χ3v) is 6.95. The fourth-order valence-electron chi connectivity index (χ4n) is 4.57. The summed E-state index contributed by atoms with van der Waals surface area (Å²) in [4.78, 5) is 16.7. The van der Waals surface area contributed by atoms with Crippen molar-refractivity contribution in [3.8, 4) is 11.3 Å². The largest absolute Gasteiger partial charge is 0.351 e. The van der Waals surface area contributed by atoms with Gasteiger partial charge in [0.1, 0.15) is 16.3 Å². The van der Waals surface area contributed by atoms with Crippen molar-refractivity contribution >= 4 is 27.5 Å². The van der Waals surface area contributed by atoms with Gasteiger partial charge in [0.2, 0.25) is 0 Å². The molecule has 1 aliphatic rings. The number of rotatable bonds is 6. The van der Waals surface area contributed by atoms with Gasteiger partial charge in [0.05, 0.1) is 4.88 Å². The van der Waals surface area contributed by atoms with Crippen molar-refractivity contribution in [3.05, 3.63) is 41.0 Å². The summed E-state index contributed by atoms with van der Waals surface area (Å²) in [6.07, 6.45) is 2.25. The van der Waals surface area contributed by atoms with Crippen LogP contribution in [0.4, 0.5) is 4.39 Å². The highest BCUT2D eigenvalue weighted by Gasteiger charge is 2.22. The van der Waals surface area contributed by atoms with Crippen LogP contribution in [0.5, 0.6) is 0 Å². The van der Waals surface area contributed by atoms with Crippen LogP contribution in [-0.2, 0) is 7.05 Å². The monoisotopic (exact) mass is 428 g/mol. The quantitative estimate of drug-likeness (QED) is 0.587. The number of hydrogen-bond acceptors (Lipinski definition) is 4. The van der Waals surface area contributed by atoms with Crippen molar-refractivity contribution in [1.29, 1.82) is 0 Å². The molecule has 2 aromatic heterocycles. The maximum Gasteiger partial charge on any atom is 0.261 e. The first kappa shape index (κ1) is 21.0. The second-order valence-electron chi connectivity index (χ2n) is 8.60. The summed E-state index contributed by atoms with van der Waals surface area (Å²) in [7, 11) is 1.82. The van der Waals surface area contributed by atoms with Crippen molar-refractivity contribution in [2.45, 2.75) is 26.7 Å². The Morgan fingerprint density at radius 3 is 2.73 bits per heavy atom. The minimum absolute atomic E-state index is 0.0731. The topological polar surface area (TPSA) is 50.2 Å². The van der Waals surface area contributed by atoms with E-state index in [2.05, 4.69) is 29.2 Å². The van der Waals surface area contributed by atoms with Gasteiger partial charge >= 0.3 is 0 Å². The van der Waals surface area contributed by atoms with Gasteiger partial charge in [0, 0.05) is 37.6 Å². The van der Waals surface area contributed by atoms with Gasteiger partial charge in [-0.15, -0.1) is 11.3 Å². The molecular formula is C23H29FN4OS. The summed E-state index contributed by atoms with van der Waals surface area (Å²) < 4.78 is 16.0. The van der Waals surface area contributed by atoms with E-state index in [1.807, 2.05) is 13.1 Å². The number of carbonyl (C=O) groups is 1. The van der Waals surface area contributed by atoms with E-state index in [9.17, 15) is 9.18 Å². The molecule has 0 aliphatic carbocycles. The molecule has 160 valence electrons. The summed E-state index contributed by atoms with van der Waals surface area (Å²) in [6, 6.07) is 8.44. The lowest BCUT2D eigenvalue weighted by atomic mass is 9.92. The smallest absolute Gasteiger partial charge is 0.261 e. The molecule has 0 spiro atoms. The highest BCUT2D eigenvalue weighted by atomic mass is 32.1. The molecular weight excluding hydrogens is 399 g/mol. The molecule has 30 heavy (non-hydrogen) atoms. The zero-order valence-electron chi connectivity index (χ0n) is 17.8. The molecule has 0 radical (unpaired) electrons. The molecule has 0 saturated carbocycles. The lowest BCUT2D eigenvalue weighted by Crippen LogP contribution is -2.40. The van der Waals surface area contributed by atoms with Crippen LogP contribution in [0.25, 0.3) is 21.5 Å². The van der Waals surface area contributed by atoms with Crippen molar-refractivity contribution in [3.63, 3.8) is 0 Å². The van der Waals surface area contributed by atoms with Gasteiger partial charge in [-0.05, 0) is 49.4 Å². The molecule has 1 saturated heterocycles. The Morgan fingerprint density at radius 2 is 2.00 bits per heavy atom. The third kappa shape index (κ3) is 4.42. The number of benzene rings is 1. The van der Waals surface area contributed by atoms with Gasteiger partial charge in [-0.3, -0.25) is 9.48 Å². The van der Waals surface area contributed by atoms with E-state index < -0.39 is 0 Å². The highest BCUT2D eigenvalue weighted by molar-refractivity contribution is 7.20. The molecule has 5 nitrogen and oxygen atoms in total. The van der Waals surface area contributed by atoms with Gasteiger partial charge in [-0.2, -0.15) is 5.10 Å². The number of halogens is 1. The molecule has 1 fully saturated rings. The number of amides is 1. The van der Waals surface area contributed by atoms with Crippen molar-refractivity contribution in [1.82, 2.24) is 20.0 Å². The third-order valence-electron chi connectivity index (χ3n) is 5.75. The van der Waals surface area contributed by atoms with Gasteiger partial charge in [0.15, 0.2) is 0 Å². The Kier molecular flexibility index (Phi) is 6.20. The van der Waals surface area contributed by atoms with E-state index in [-0.39, 0.29) is 11.7 Å². The highest BCUT2D eigenvalue weighted by Crippen LogP contribution is 2.34. The van der Waals surface area contributed by atoms with Crippen LogP contribution in [0.2, 0.25) is 0 Å². The summed E-state index contributed by atoms with van der Waals surface area (Å²) in [5.74, 6) is 1.12. The molecule has 3 heterocycles. The summed E-state index contributed by atoms with van der Waals surface area (Å²) >= 11 is 1.40. The number of aromatic nitrogens is 2. The van der Waals surface area contributed by atoms with Crippen LogP contribution in [0, 0.1) is 17.7 Å². The lowest BCUT2D eigenvalue weighted by molar-refractivity contribution is 0.0951. The maximum atomic E-state index is 14.3. The molecule has 7 heteroatoms. The SMILES string of the molecule is C[C@@H]1C[C@@H](C)CN(CCCNC(=O)c2cc3c(-c4ccccc4F)nn(C)c3s2)C1. The fourth-order valence-corrected chi connectivity index (χ4v) is 5.56. The van der Waals surface area contributed by atoms with E-state index in [0.29, 0.717) is 22.7 Å². The number of hydrogen-bond donors (Lipinski definition) is 1. The molecule has 2 atom stereocenters. The number of carbonyl (C=O) groups excluding carboxylic acids is 1. The maximum absolute atomic E-state index is 14.3. The van der Waals surface area contributed by atoms with Gasteiger partial charge < -0.3 is 10.2 Å². The Bertz CT molecular complexity index is 1030. The molecule has 3 aromatic rings. The molecule has 0 unspecified atom stereocenters. The minimum Gasteiger partial charge on any atom is -0.351 e. The number of nitrogens with one attached hydrogen (secondary N) is 1. The number of piperidine rings is 1. The Balaban J connectivity index is 1.39. The number of fused-ring (bicyclic) bond motifs is 1. The molecule has 4 rings (SSSR count). The van der Waals surface area contributed by atoms with E-state index in [1.54, 1.807) is 22.9 Å². The molecule has 1 amide bonds.